The molecule has 8 heteroatoms. The van der Waals surface area contributed by atoms with Gasteiger partial charge in [-0.25, -0.2) is 4.79 Å². The van der Waals surface area contributed by atoms with Crippen LogP contribution in [0, 0.1) is 0 Å². The van der Waals surface area contributed by atoms with Crippen LogP contribution in [0.2, 0.25) is 0 Å². The Kier molecular flexibility index (Phi) is 4.04. The molecule has 23 heavy (non-hydrogen) atoms. The molecule has 1 fully saturated rings. The molecule has 2 N–H and O–H groups in total. The van der Waals surface area contributed by atoms with Crippen molar-refractivity contribution in [2.45, 2.75) is 32.2 Å². The van der Waals surface area contributed by atoms with Gasteiger partial charge in [0.05, 0.1) is 18.5 Å². The van der Waals surface area contributed by atoms with E-state index in [1.807, 2.05) is 0 Å². The van der Waals surface area contributed by atoms with Crippen molar-refractivity contribution >= 4 is 24.8 Å². The smallest absolute Gasteiger partial charge is 0.319 e. The number of rotatable bonds is 5. The van der Waals surface area contributed by atoms with E-state index in [1.54, 1.807) is 32.0 Å². The number of amides is 3. The molecule has 1 aromatic rings. The molecule has 0 saturated carbocycles. The van der Waals surface area contributed by atoms with Crippen LogP contribution in [0.5, 0.6) is 0 Å². The van der Waals surface area contributed by atoms with E-state index in [-0.39, 0.29) is 19.1 Å². The van der Waals surface area contributed by atoms with Crippen LogP contribution in [-0.4, -0.2) is 25.2 Å². The van der Waals surface area contributed by atoms with Crippen LogP contribution in [0.3, 0.4) is 0 Å². The SMILES string of the molecule is CCOP(=O)(OCC)c1ccc2c(c1)CCC21NC(=O)NC1=O. The molecule has 7 nitrogen and oxygen atoms in total. The molecule has 1 unspecified atom stereocenters. The molecular formula is C15H19N2O5P. The van der Waals surface area contributed by atoms with Gasteiger partial charge in [-0.15, -0.1) is 0 Å². The van der Waals surface area contributed by atoms with Gasteiger partial charge < -0.3 is 14.4 Å². The quantitative estimate of drug-likeness (QED) is 0.628. The lowest BCUT2D eigenvalue weighted by Gasteiger charge is -2.22. The van der Waals surface area contributed by atoms with Gasteiger partial charge in [-0.2, -0.15) is 0 Å². The van der Waals surface area contributed by atoms with Crippen LogP contribution in [0.1, 0.15) is 31.4 Å². The number of fused-ring (bicyclic) bond motifs is 2. The minimum absolute atomic E-state index is 0.275. The van der Waals surface area contributed by atoms with Crippen molar-refractivity contribution in [1.29, 1.82) is 0 Å². The minimum atomic E-state index is -3.36. The zero-order chi connectivity index (χ0) is 16.7. The van der Waals surface area contributed by atoms with Gasteiger partial charge in [0, 0.05) is 0 Å². The van der Waals surface area contributed by atoms with Crippen LogP contribution >= 0.6 is 7.60 Å². The molecule has 1 heterocycles. The molecule has 1 atom stereocenters. The monoisotopic (exact) mass is 338 g/mol. The highest BCUT2D eigenvalue weighted by atomic mass is 31.2. The Balaban J connectivity index is 2.01. The largest absolute Gasteiger partial charge is 0.361 e. The molecular weight excluding hydrogens is 319 g/mol. The number of imide groups is 1. The van der Waals surface area contributed by atoms with Crippen molar-refractivity contribution in [3.8, 4) is 0 Å². The standard InChI is InChI=1S/C15H19N2O5P/c1-3-21-23(20,22-4-2)11-5-6-12-10(9-11)7-8-15(12)13(18)16-14(19)17-15/h5-6,9H,3-4,7-8H2,1-2H3,(H2,16,17,18,19). The van der Waals surface area contributed by atoms with Gasteiger partial charge in [-0.05, 0) is 49.9 Å². The highest BCUT2D eigenvalue weighted by molar-refractivity contribution is 7.62. The van der Waals surface area contributed by atoms with E-state index in [9.17, 15) is 14.2 Å². The average Bonchev–Trinajstić information content (AvgIpc) is 3.00. The van der Waals surface area contributed by atoms with Crippen LogP contribution in [0.4, 0.5) is 4.79 Å². The maximum atomic E-state index is 12.9. The van der Waals surface area contributed by atoms with Gasteiger partial charge in [-0.3, -0.25) is 14.7 Å². The van der Waals surface area contributed by atoms with Crippen LogP contribution in [0.25, 0.3) is 0 Å². The van der Waals surface area contributed by atoms with Crippen LogP contribution < -0.4 is 15.9 Å². The zero-order valence-corrected chi connectivity index (χ0v) is 13.9. The molecule has 1 aromatic carbocycles. The molecule has 124 valence electrons. The minimum Gasteiger partial charge on any atom is -0.319 e. The second kappa shape index (κ2) is 5.74. The Morgan fingerprint density at radius 1 is 1.22 bits per heavy atom. The third-order valence-corrected chi connectivity index (χ3v) is 6.28. The maximum absolute atomic E-state index is 12.9. The summed E-state index contributed by atoms with van der Waals surface area (Å²) < 4.78 is 23.6. The zero-order valence-electron chi connectivity index (χ0n) is 13.0. The molecule has 0 bridgehead atoms. The second-order valence-corrected chi connectivity index (χ2v) is 7.52. The van der Waals surface area contributed by atoms with Gasteiger partial charge in [0.1, 0.15) is 5.54 Å². The first-order valence-electron chi connectivity index (χ1n) is 7.62. The van der Waals surface area contributed by atoms with E-state index >= 15 is 0 Å². The third-order valence-electron chi connectivity index (χ3n) is 4.17. The van der Waals surface area contributed by atoms with Gasteiger partial charge in [-0.1, -0.05) is 6.07 Å². The number of aryl methyl sites for hydroxylation is 1. The first kappa shape index (κ1) is 16.2. The summed E-state index contributed by atoms with van der Waals surface area (Å²) in [5, 5.41) is 5.47. The summed E-state index contributed by atoms with van der Waals surface area (Å²) in [5.74, 6) is -0.341. The van der Waals surface area contributed by atoms with Gasteiger partial charge >= 0.3 is 13.6 Å². The topological polar surface area (TPSA) is 93.7 Å². The molecule has 1 aliphatic carbocycles. The van der Waals surface area contributed by atoms with E-state index in [0.717, 1.165) is 11.1 Å². The predicted octanol–water partition coefficient (Wildman–Crippen LogP) is 1.56. The van der Waals surface area contributed by atoms with Crippen molar-refractivity contribution in [2.24, 2.45) is 0 Å². The predicted molar refractivity (Wildman–Crippen MR) is 83.6 cm³/mol. The Hall–Kier alpha value is -1.69. The number of benzene rings is 1. The molecule has 0 aromatic heterocycles. The second-order valence-electron chi connectivity index (χ2n) is 5.49. The van der Waals surface area contributed by atoms with Gasteiger partial charge in [0.2, 0.25) is 0 Å². The molecule has 2 aliphatic rings. The average molecular weight is 338 g/mol. The Bertz CT molecular complexity index is 710. The lowest BCUT2D eigenvalue weighted by atomic mass is 9.92. The maximum Gasteiger partial charge on any atom is 0.361 e. The van der Waals surface area contributed by atoms with E-state index < -0.39 is 19.2 Å². The number of carbonyl (C=O) groups is 2. The first-order valence-corrected chi connectivity index (χ1v) is 9.16. The van der Waals surface area contributed by atoms with Crippen molar-refractivity contribution in [3.63, 3.8) is 0 Å². The van der Waals surface area contributed by atoms with E-state index in [2.05, 4.69) is 10.6 Å². The van der Waals surface area contributed by atoms with E-state index in [1.165, 1.54) is 0 Å². The van der Waals surface area contributed by atoms with Crippen molar-refractivity contribution in [1.82, 2.24) is 10.6 Å². The number of hydrogen-bond acceptors (Lipinski definition) is 5. The van der Waals surface area contributed by atoms with E-state index in [0.29, 0.717) is 18.1 Å². The van der Waals surface area contributed by atoms with Crippen molar-refractivity contribution in [2.75, 3.05) is 13.2 Å². The number of carbonyl (C=O) groups excluding carboxylic acids is 2. The highest BCUT2D eigenvalue weighted by Gasteiger charge is 2.51. The summed E-state index contributed by atoms with van der Waals surface area (Å²) in [7, 11) is -3.36. The number of urea groups is 1. The lowest BCUT2D eigenvalue weighted by Crippen LogP contribution is -2.41. The molecule has 3 rings (SSSR count). The molecule has 0 radical (unpaired) electrons. The fourth-order valence-corrected chi connectivity index (χ4v) is 4.84. The normalized spacial score (nSPS) is 23.0. The summed E-state index contributed by atoms with van der Waals surface area (Å²) >= 11 is 0. The fraction of sp³-hybridized carbons (Fsp3) is 0.467. The highest BCUT2D eigenvalue weighted by Crippen LogP contribution is 2.48. The van der Waals surface area contributed by atoms with Gasteiger partial charge in [0.25, 0.3) is 5.91 Å². The molecule has 1 saturated heterocycles. The molecule has 1 aliphatic heterocycles. The van der Waals surface area contributed by atoms with Gasteiger partial charge in [0.15, 0.2) is 0 Å². The molecule has 1 spiro atoms. The van der Waals surface area contributed by atoms with Crippen molar-refractivity contribution in [3.05, 3.63) is 29.3 Å². The Morgan fingerprint density at radius 2 is 1.91 bits per heavy atom. The van der Waals surface area contributed by atoms with Crippen LogP contribution in [-0.2, 0) is 30.4 Å². The Morgan fingerprint density at radius 3 is 2.48 bits per heavy atom. The summed E-state index contributed by atoms with van der Waals surface area (Å²) in [6.45, 7) is 4.06. The molecule has 3 amide bonds. The summed E-state index contributed by atoms with van der Waals surface area (Å²) in [6.07, 6.45) is 1.09. The summed E-state index contributed by atoms with van der Waals surface area (Å²) in [5.41, 5.74) is 0.607. The fourth-order valence-electron chi connectivity index (χ4n) is 3.21. The number of hydrogen-bond donors (Lipinski definition) is 2. The Labute approximate surface area is 134 Å². The summed E-state index contributed by atoms with van der Waals surface area (Å²) in [4.78, 5) is 23.7. The first-order chi connectivity index (χ1) is 10.9. The summed E-state index contributed by atoms with van der Waals surface area (Å²) in [6, 6.07) is 4.65. The van der Waals surface area contributed by atoms with Crippen molar-refractivity contribution < 1.29 is 23.2 Å². The van der Waals surface area contributed by atoms with Crippen LogP contribution in [0.15, 0.2) is 18.2 Å². The third kappa shape index (κ3) is 2.49. The lowest BCUT2D eigenvalue weighted by molar-refractivity contribution is -0.124. The van der Waals surface area contributed by atoms with E-state index in [4.69, 9.17) is 9.05 Å². The number of nitrogens with one attached hydrogen (secondary N) is 2.